The lowest BCUT2D eigenvalue weighted by Gasteiger charge is -2.40. The Morgan fingerprint density at radius 3 is 0.942 bits per heavy atom. The normalized spacial score (nSPS) is 10.7. The highest BCUT2D eigenvalue weighted by Crippen LogP contribution is 2.48. The second-order valence-electron chi connectivity index (χ2n) is 25.5. The molecule has 0 amide bonds. The van der Waals surface area contributed by atoms with E-state index < -0.39 is 21.6 Å². The number of methoxy groups -OCH3 is 12. The Morgan fingerprint density at radius 1 is 0.346 bits per heavy atom. The van der Waals surface area contributed by atoms with Crippen molar-refractivity contribution in [3.63, 3.8) is 0 Å². The van der Waals surface area contributed by atoms with Crippen LogP contribution in [0.1, 0.15) is 120 Å². The molecule has 104 heavy (non-hydrogen) atoms. The van der Waals surface area contributed by atoms with Crippen molar-refractivity contribution in [3.8, 4) is 92.0 Å². The minimum Gasteiger partial charge on any atom is -0.541 e. The average Bonchev–Trinajstić information content (AvgIpc) is 0.788. The first kappa shape index (κ1) is 95.5. The number of ether oxygens (including phenoxy) is 12. The van der Waals surface area contributed by atoms with Crippen molar-refractivity contribution in [2.24, 2.45) is 0 Å². The SMILES string of the molecule is C.CO.COc1c(C)ccc(C=O)c1OC.COc1c(C)ccc(C=O)c1OC.COc1cc(/C=C\c2ccc(C)c(O)c2O)cc(OC)c1OC.COc1cc(/C=C\c2ccc(C)c(O[Si](C)(C)C(C)(C)C)c2O[Si](C)(C)C(C)(C)C)cc(OC)c1OC.COc1cccc(C)c1OC.ClB(Cl)Cl. The monoisotopic (exact) mass is 1540 g/mol. The molecule has 7 rings (SSSR count). The van der Waals surface area contributed by atoms with E-state index in [1.165, 1.54) is 14.2 Å². The van der Waals surface area contributed by atoms with E-state index in [2.05, 4.69) is 92.9 Å². The molecule has 3 N–H and O–H groups in total. The van der Waals surface area contributed by atoms with Gasteiger partial charge in [-0.15, -0.1) is 0 Å². The maximum atomic E-state index is 10.6. The molecule has 19 nitrogen and oxygen atoms in total. The minimum atomic E-state index is -2.16. The molecular weight excluding hydrogens is 1430 g/mol. The third-order valence-corrected chi connectivity index (χ3v) is 25.3. The van der Waals surface area contributed by atoms with Gasteiger partial charge in [0, 0.05) is 18.2 Å². The standard InChI is InChI=1S/C30H48O5Si2.C18H20O5.2C10H12O3.C9H12O2.CH4O.CH4.BCl3/c1-21-15-17-23(18-16-22-19-24(31-8)28(33-10)25(20-22)32-9)27(35-37(13,14)30(5,6)7)26(21)34-36(11,12)29(2,3)4;1-11-5-7-13(17(20)16(11)19)8-6-12-9-14(21-2)18(23-4)15(10-12)22-3;2*1-7-4-5-8(6-11)10(13-3)9(7)12-2;1-7-5-4-6-8(10-2)9(7)11-3;1-2;;2-1(3)4/h15-20H,1-14H3;5-10,19-20H,1-4H3;2*4-6H,1-3H3;4-6H,1-3H3;2H,1H3;1H4;/b18-16-;8-6-;;;;;;. The van der Waals surface area contributed by atoms with Crippen molar-refractivity contribution in [1.82, 2.24) is 0 Å². The Morgan fingerprint density at radius 2 is 0.635 bits per heavy atom. The first-order valence-electron chi connectivity index (χ1n) is 32.3. The lowest BCUT2D eigenvalue weighted by atomic mass is 10.1. The van der Waals surface area contributed by atoms with Crippen LogP contribution < -0.4 is 65.7 Å². The van der Waals surface area contributed by atoms with Gasteiger partial charge in [-0.1, -0.05) is 122 Å². The molecule has 0 fully saturated rings. The van der Waals surface area contributed by atoms with Crippen molar-refractivity contribution < 1.29 is 90.6 Å². The molecule has 0 unspecified atom stereocenters. The third kappa shape index (κ3) is 27.2. The number of phenols is 2. The van der Waals surface area contributed by atoms with E-state index in [-0.39, 0.29) is 29.0 Å². The van der Waals surface area contributed by atoms with Crippen LogP contribution >= 0.6 is 34.4 Å². The van der Waals surface area contributed by atoms with Gasteiger partial charge in [0.2, 0.25) is 11.5 Å². The summed E-state index contributed by atoms with van der Waals surface area (Å²) in [5, 5.41) is 26.9. The average molecular weight is 1540 g/mol. The number of benzene rings is 7. The Balaban J connectivity index is 0.00000135. The van der Waals surface area contributed by atoms with Crippen LogP contribution in [0.5, 0.6) is 92.0 Å². The van der Waals surface area contributed by atoms with E-state index in [1.54, 1.807) is 127 Å². The van der Waals surface area contributed by atoms with Crippen LogP contribution in [-0.4, -0.2) is 142 Å². The molecule has 0 spiro atoms. The summed E-state index contributed by atoms with van der Waals surface area (Å²) in [6.45, 7) is 32.3. The molecule has 0 atom stereocenters. The molecule has 0 bridgehead atoms. The van der Waals surface area contributed by atoms with Gasteiger partial charge in [0.25, 0.3) is 16.6 Å². The minimum absolute atomic E-state index is 0. The number of aliphatic hydroxyl groups excluding tert-OH is 1. The lowest BCUT2D eigenvalue weighted by molar-refractivity contribution is 0.111. The summed E-state index contributed by atoms with van der Waals surface area (Å²) in [4.78, 5) is 20.5. The fraction of sp³-hybridized carbons (Fsp3) is 0.392. The summed E-state index contributed by atoms with van der Waals surface area (Å²) in [5.74, 6) is 8.68. The second-order valence-corrected chi connectivity index (χ2v) is 36.9. The summed E-state index contributed by atoms with van der Waals surface area (Å²) in [6, 6.07) is 28.1. The first-order chi connectivity index (χ1) is 48.4. The number of aliphatic hydroxyl groups is 1. The quantitative estimate of drug-likeness (QED) is 0.0248. The molecule has 0 radical (unpaired) electrons. The number of halogens is 3. The van der Waals surface area contributed by atoms with Crippen LogP contribution in [-0.2, 0) is 0 Å². The number of para-hydroxylation sites is 1. The Bertz CT molecular complexity index is 3770. The highest BCUT2D eigenvalue weighted by Gasteiger charge is 2.43. The molecule has 7 aromatic carbocycles. The molecule has 0 saturated heterocycles. The van der Waals surface area contributed by atoms with Crippen molar-refractivity contribution in [2.75, 3.05) is 92.4 Å². The van der Waals surface area contributed by atoms with Crippen molar-refractivity contribution in [3.05, 3.63) is 152 Å². The predicted molar refractivity (Wildman–Crippen MR) is 433 cm³/mol. The predicted octanol–water partition coefficient (Wildman–Crippen LogP) is 20.2. The number of hydrogen-bond acceptors (Lipinski definition) is 19. The highest BCUT2D eigenvalue weighted by atomic mass is 35.6. The highest BCUT2D eigenvalue weighted by molar-refractivity contribution is 7.54. The van der Waals surface area contributed by atoms with Crippen LogP contribution in [0.15, 0.2) is 91.0 Å². The van der Waals surface area contributed by atoms with Crippen LogP contribution in [0, 0.1) is 34.6 Å². The van der Waals surface area contributed by atoms with E-state index >= 15 is 0 Å². The van der Waals surface area contributed by atoms with Gasteiger partial charge in [0.1, 0.15) is 5.75 Å². The van der Waals surface area contributed by atoms with Crippen LogP contribution in [0.25, 0.3) is 24.3 Å². The summed E-state index contributed by atoms with van der Waals surface area (Å²) < 4.78 is 77.0. The number of carbonyl (C=O) groups is 2. The Labute approximate surface area is 636 Å². The van der Waals surface area contributed by atoms with Crippen molar-refractivity contribution in [2.45, 2.75) is 120 Å². The van der Waals surface area contributed by atoms with E-state index in [0.717, 1.165) is 81.6 Å². The topological polar surface area (TPSA) is 224 Å². The fourth-order valence-corrected chi connectivity index (χ4v) is 11.1. The van der Waals surface area contributed by atoms with Gasteiger partial charge in [-0.25, -0.2) is 0 Å². The van der Waals surface area contributed by atoms with Gasteiger partial charge in [0.15, 0.2) is 87.3 Å². The first-order valence-corrected chi connectivity index (χ1v) is 39.4. The Kier molecular flexibility index (Phi) is 41.9. The summed E-state index contributed by atoms with van der Waals surface area (Å²) in [6.07, 6.45) is 9.12. The Hall–Kier alpha value is -8.51. The number of aromatic hydroxyl groups is 2. The lowest BCUT2D eigenvalue weighted by Crippen LogP contribution is -2.46. The molecule has 0 heterocycles. The zero-order chi connectivity index (χ0) is 78.9. The summed E-state index contributed by atoms with van der Waals surface area (Å²) in [5.41, 5.74) is 8.94. The fourth-order valence-electron chi connectivity index (χ4n) is 8.97. The smallest absolute Gasteiger partial charge is 0.450 e. The maximum Gasteiger partial charge on any atom is 0.450 e. The third-order valence-electron chi connectivity index (χ3n) is 16.7. The van der Waals surface area contributed by atoms with Gasteiger partial charge in [-0.05, 0) is 152 Å². The van der Waals surface area contributed by atoms with E-state index in [9.17, 15) is 19.8 Å². The molecule has 574 valence electrons. The molecule has 0 aromatic heterocycles. The molecule has 25 heteroatoms. The zero-order valence-electron chi connectivity index (χ0n) is 65.2. The molecule has 0 aliphatic rings. The molecule has 0 aliphatic carbocycles. The number of rotatable bonds is 22. The summed E-state index contributed by atoms with van der Waals surface area (Å²) >= 11 is 14.4. The van der Waals surface area contributed by atoms with Crippen LogP contribution in [0.3, 0.4) is 0 Å². The van der Waals surface area contributed by atoms with E-state index in [1.807, 2.05) is 69.3 Å². The van der Waals surface area contributed by atoms with Crippen LogP contribution in [0.2, 0.25) is 36.3 Å². The number of hydrogen-bond donors (Lipinski definition) is 3. The maximum absolute atomic E-state index is 10.6. The van der Waals surface area contributed by atoms with Gasteiger partial charge in [0.05, 0.1) is 96.4 Å². The van der Waals surface area contributed by atoms with Gasteiger partial charge in [-0.2, -0.15) is 34.4 Å². The zero-order valence-corrected chi connectivity index (χ0v) is 69.5. The van der Waals surface area contributed by atoms with Gasteiger partial charge in [-0.3, -0.25) is 9.59 Å². The van der Waals surface area contributed by atoms with Crippen molar-refractivity contribution in [1.29, 1.82) is 0 Å². The second kappa shape index (κ2) is 45.7. The molecule has 7 aromatic rings. The number of aldehydes is 2. The number of phenolic OH excluding ortho intramolecular Hbond substituents is 2. The van der Waals surface area contributed by atoms with Gasteiger partial charge >= 0.3 is 4.96 Å². The molecular formula is C79H112BCl3O19Si2. The van der Waals surface area contributed by atoms with Crippen molar-refractivity contribution >= 4 is 92.9 Å². The number of aryl methyl sites for hydroxylation is 5. The molecule has 0 aliphatic heterocycles. The van der Waals surface area contributed by atoms with Gasteiger partial charge < -0.3 is 81.0 Å². The largest absolute Gasteiger partial charge is 0.541 e. The summed E-state index contributed by atoms with van der Waals surface area (Å²) in [7, 11) is 15.7. The van der Waals surface area contributed by atoms with E-state index in [4.69, 9.17) is 105 Å². The van der Waals surface area contributed by atoms with Crippen LogP contribution in [0.4, 0.5) is 0 Å². The number of carbonyl (C=O) groups excluding carboxylic acids is 2. The molecule has 0 saturated carbocycles. The van der Waals surface area contributed by atoms with E-state index in [0.29, 0.717) is 79.7 Å².